The van der Waals surface area contributed by atoms with Crippen LogP contribution in [-0.2, 0) is 0 Å². The van der Waals surface area contributed by atoms with E-state index in [0.717, 1.165) is 12.1 Å². The largest absolute Gasteiger partial charge is 0.493 e. The predicted molar refractivity (Wildman–Crippen MR) is 89.1 cm³/mol. The number of aryl methyl sites for hydroxylation is 1. The third-order valence-electron chi connectivity index (χ3n) is 3.24. The Morgan fingerprint density at radius 2 is 2.00 bits per heavy atom. The zero-order valence-corrected chi connectivity index (χ0v) is 14.3. The fourth-order valence-electron chi connectivity index (χ4n) is 2.30. The summed E-state index contributed by atoms with van der Waals surface area (Å²) in [7, 11) is 3.21. The van der Waals surface area contributed by atoms with Crippen LogP contribution in [0.5, 0.6) is 11.5 Å². The van der Waals surface area contributed by atoms with Crippen molar-refractivity contribution in [2.75, 3.05) is 20.8 Å². The van der Waals surface area contributed by atoms with E-state index in [0.29, 0.717) is 16.5 Å². The molecule has 0 amide bonds. The summed E-state index contributed by atoms with van der Waals surface area (Å²) < 4.78 is 10.7. The number of benzene rings is 1. The highest BCUT2D eigenvalue weighted by Crippen LogP contribution is 2.39. The lowest BCUT2D eigenvalue weighted by molar-refractivity contribution is 0.354. The number of hydrogen-bond acceptors (Lipinski definition) is 4. The summed E-state index contributed by atoms with van der Waals surface area (Å²) in [5.41, 5.74) is 1.07. The van der Waals surface area contributed by atoms with Gasteiger partial charge in [-0.1, -0.05) is 18.5 Å². The van der Waals surface area contributed by atoms with Crippen LogP contribution in [0.1, 0.15) is 28.3 Å². The highest BCUT2D eigenvalue weighted by Gasteiger charge is 2.19. The van der Waals surface area contributed by atoms with E-state index in [-0.39, 0.29) is 6.04 Å². The molecule has 1 heterocycles. The Hall–Kier alpha value is -1.23. The molecule has 2 aromatic rings. The van der Waals surface area contributed by atoms with Gasteiger partial charge in [0.05, 0.1) is 25.3 Å². The van der Waals surface area contributed by atoms with E-state index >= 15 is 0 Å². The molecule has 1 atom stereocenters. The Labute approximate surface area is 134 Å². The van der Waals surface area contributed by atoms with E-state index in [4.69, 9.17) is 21.1 Å². The Morgan fingerprint density at radius 3 is 2.52 bits per heavy atom. The first-order valence-electron chi connectivity index (χ1n) is 6.81. The molecule has 0 aliphatic carbocycles. The van der Waals surface area contributed by atoms with Crippen LogP contribution in [0.4, 0.5) is 0 Å². The van der Waals surface area contributed by atoms with Crippen molar-refractivity contribution in [1.82, 2.24) is 5.32 Å². The van der Waals surface area contributed by atoms with Crippen LogP contribution in [0, 0.1) is 6.92 Å². The van der Waals surface area contributed by atoms with E-state index in [2.05, 4.69) is 31.3 Å². The summed E-state index contributed by atoms with van der Waals surface area (Å²) in [6, 6.07) is 8.30. The monoisotopic (exact) mass is 325 g/mol. The molecule has 0 aliphatic rings. The average Bonchev–Trinajstić information content (AvgIpc) is 2.90. The van der Waals surface area contributed by atoms with Gasteiger partial charge < -0.3 is 14.8 Å². The molecule has 5 heteroatoms. The molecule has 1 aromatic carbocycles. The van der Waals surface area contributed by atoms with Gasteiger partial charge in [-0.25, -0.2) is 0 Å². The molecule has 0 fully saturated rings. The summed E-state index contributed by atoms with van der Waals surface area (Å²) >= 11 is 8.10. The second kappa shape index (κ2) is 7.16. The Kier molecular flexibility index (Phi) is 5.51. The van der Waals surface area contributed by atoms with E-state index < -0.39 is 0 Å². The summed E-state index contributed by atoms with van der Waals surface area (Å²) in [6.07, 6.45) is 0. The Morgan fingerprint density at radius 1 is 1.24 bits per heavy atom. The van der Waals surface area contributed by atoms with Crippen molar-refractivity contribution < 1.29 is 9.47 Å². The third-order valence-corrected chi connectivity index (χ3v) is 4.59. The van der Waals surface area contributed by atoms with Crippen molar-refractivity contribution in [3.63, 3.8) is 0 Å². The normalized spacial score (nSPS) is 12.2. The number of thiophene rings is 1. The molecule has 0 spiro atoms. The van der Waals surface area contributed by atoms with Gasteiger partial charge in [-0.05, 0) is 43.3 Å². The van der Waals surface area contributed by atoms with Crippen molar-refractivity contribution in [2.24, 2.45) is 0 Å². The minimum absolute atomic E-state index is 0.103. The van der Waals surface area contributed by atoms with E-state index in [9.17, 15) is 0 Å². The third kappa shape index (κ3) is 3.51. The van der Waals surface area contributed by atoms with Crippen LogP contribution in [0.2, 0.25) is 5.02 Å². The second-order valence-corrected chi connectivity index (χ2v) is 6.40. The van der Waals surface area contributed by atoms with E-state index in [1.165, 1.54) is 9.75 Å². The Bertz CT molecular complexity index is 612. The average molecular weight is 326 g/mol. The molecule has 1 unspecified atom stereocenters. The predicted octanol–water partition coefficient (Wildman–Crippen LogP) is 4.43. The molecule has 0 radical (unpaired) electrons. The molecule has 3 nitrogen and oxygen atoms in total. The van der Waals surface area contributed by atoms with Crippen molar-refractivity contribution in [3.8, 4) is 11.5 Å². The molecule has 0 aliphatic heterocycles. The number of hydrogen-bond donors (Lipinski definition) is 1. The maximum absolute atomic E-state index is 6.32. The van der Waals surface area contributed by atoms with Gasteiger partial charge >= 0.3 is 0 Å². The molecular formula is C16H20ClNO2S. The zero-order chi connectivity index (χ0) is 15.4. The number of methoxy groups -OCH3 is 2. The lowest BCUT2D eigenvalue weighted by Gasteiger charge is -2.19. The van der Waals surface area contributed by atoms with Crippen molar-refractivity contribution in [2.45, 2.75) is 19.9 Å². The first-order chi connectivity index (χ1) is 10.1. The highest BCUT2D eigenvalue weighted by molar-refractivity contribution is 7.12. The quantitative estimate of drug-likeness (QED) is 0.852. The molecular weight excluding hydrogens is 306 g/mol. The summed E-state index contributed by atoms with van der Waals surface area (Å²) in [5.74, 6) is 1.22. The second-order valence-electron chi connectivity index (χ2n) is 4.68. The van der Waals surface area contributed by atoms with E-state index in [1.807, 2.05) is 12.1 Å². The lowest BCUT2D eigenvalue weighted by Crippen LogP contribution is -2.21. The number of rotatable bonds is 6. The minimum Gasteiger partial charge on any atom is -0.493 e. The highest BCUT2D eigenvalue weighted by atomic mass is 35.5. The molecule has 21 heavy (non-hydrogen) atoms. The van der Waals surface area contributed by atoms with Crippen LogP contribution in [0.25, 0.3) is 0 Å². The summed E-state index contributed by atoms with van der Waals surface area (Å²) in [4.78, 5) is 2.55. The Balaban J connectivity index is 2.48. The SMILES string of the molecule is CCNC(c1cc(Cl)c(OC)c(OC)c1)c1ccc(C)s1. The number of nitrogens with one attached hydrogen (secondary N) is 1. The molecule has 0 saturated heterocycles. The van der Waals surface area contributed by atoms with Gasteiger partial charge in [0.25, 0.3) is 0 Å². The smallest absolute Gasteiger partial charge is 0.179 e. The fraction of sp³-hybridized carbons (Fsp3) is 0.375. The van der Waals surface area contributed by atoms with Gasteiger partial charge in [-0.15, -0.1) is 11.3 Å². The number of ether oxygens (including phenoxy) is 2. The topological polar surface area (TPSA) is 30.5 Å². The van der Waals surface area contributed by atoms with Gasteiger partial charge in [0.2, 0.25) is 0 Å². The van der Waals surface area contributed by atoms with Crippen molar-refractivity contribution >= 4 is 22.9 Å². The summed E-state index contributed by atoms with van der Waals surface area (Å²) in [5, 5.41) is 4.06. The minimum atomic E-state index is 0.103. The van der Waals surface area contributed by atoms with Gasteiger partial charge in [-0.2, -0.15) is 0 Å². The van der Waals surface area contributed by atoms with Crippen molar-refractivity contribution in [3.05, 3.63) is 44.6 Å². The molecule has 1 aromatic heterocycles. The standard InChI is InChI=1S/C16H20ClNO2S/c1-5-18-15(14-7-6-10(2)21-14)11-8-12(17)16(20-4)13(9-11)19-3/h6-9,15,18H,5H2,1-4H3. The first-order valence-corrected chi connectivity index (χ1v) is 8.01. The van der Waals surface area contributed by atoms with Crippen LogP contribution >= 0.6 is 22.9 Å². The van der Waals surface area contributed by atoms with Gasteiger partial charge in [0, 0.05) is 9.75 Å². The van der Waals surface area contributed by atoms with E-state index in [1.54, 1.807) is 25.6 Å². The maximum Gasteiger partial charge on any atom is 0.179 e. The van der Waals surface area contributed by atoms with Gasteiger partial charge in [0.1, 0.15) is 0 Å². The zero-order valence-electron chi connectivity index (χ0n) is 12.7. The van der Waals surface area contributed by atoms with Crippen LogP contribution in [0.3, 0.4) is 0 Å². The lowest BCUT2D eigenvalue weighted by atomic mass is 10.0. The van der Waals surface area contributed by atoms with Crippen LogP contribution < -0.4 is 14.8 Å². The van der Waals surface area contributed by atoms with Crippen molar-refractivity contribution in [1.29, 1.82) is 0 Å². The van der Waals surface area contributed by atoms with Gasteiger partial charge in [-0.3, -0.25) is 0 Å². The first kappa shape index (κ1) is 16.1. The molecule has 0 saturated carbocycles. The molecule has 0 bridgehead atoms. The molecule has 114 valence electrons. The fourth-order valence-corrected chi connectivity index (χ4v) is 3.58. The van der Waals surface area contributed by atoms with Crippen LogP contribution in [0.15, 0.2) is 24.3 Å². The summed E-state index contributed by atoms with van der Waals surface area (Å²) in [6.45, 7) is 5.07. The van der Waals surface area contributed by atoms with Gasteiger partial charge in [0.15, 0.2) is 11.5 Å². The van der Waals surface area contributed by atoms with Crippen LogP contribution in [-0.4, -0.2) is 20.8 Å². The maximum atomic E-state index is 6.32. The molecule has 1 N–H and O–H groups in total. The molecule has 2 rings (SSSR count). The number of halogens is 1.